The number of hydrogen-bond donors (Lipinski definition) is 0. The highest BCUT2D eigenvalue weighted by Crippen LogP contribution is 2.17. The number of ether oxygens (including phenoxy) is 1. The molecule has 0 aromatic heterocycles. The average molecular weight is 269 g/mol. The van der Waals surface area contributed by atoms with Crippen molar-refractivity contribution >= 4 is 5.78 Å². The molecule has 1 heterocycles. The van der Waals surface area contributed by atoms with Gasteiger partial charge in [-0.15, -0.1) is 0 Å². The Labute approximate surface area is 111 Å². The van der Waals surface area contributed by atoms with Gasteiger partial charge in [0, 0.05) is 18.7 Å². The van der Waals surface area contributed by atoms with Crippen molar-refractivity contribution in [1.29, 1.82) is 0 Å². The van der Waals surface area contributed by atoms with Crippen LogP contribution in [0.2, 0.25) is 0 Å². The van der Waals surface area contributed by atoms with Crippen LogP contribution in [-0.2, 0) is 4.74 Å². The van der Waals surface area contributed by atoms with Gasteiger partial charge >= 0.3 is 0 Å². The number of nitrogens with zero attached hydrogens (tertiary/aromatic N) is 1. The predicted molar refractivity (Wildman–Crippen MR) is 67.2 cm³/mol. The van der Waals surface area contributed by atoms with E-state index in [1.807, 2.05) is 18.7 Å². The van der Waals surface area contributed by atoms with Gasteiger partial charge in [0.1, 0.15) is 0 Å². The van der Waals surface area contributed by atoms with Gasteiger partial charge < -0.3 is 4.74 Å². The van der Waals surface area contributed by atoms with Gasteiger partial charge in [0.05, 0.1) is 18.8 Å². The van der Waals surface area contributed by atoms with E-state index in [4.69, 9.17) is 4.74 Å². The molecular weight excluding hydrogens is 252 g/mol. The number of hydrogen-bond acceptors (Lipinski definition) is 3. The van der Waals surface area contributed by atoms with E-state index >= 15 is 0 Å². The van der Waals surface area contributed by atoms with Gasteiger partial charge in [-0.2, -0.15) is 0 Å². The second-order valence-electron chi connectivity index (χ2n) is 5.37. The summed E-state index contributed by atoms with van der Waals surface area (Å²) in [6.07, 6.45) is 0. The van der Waals surface area contributed by atoms with Crippen LogP contribution in [0.15, 0.2) is 18.2 Å². The molecular formula is C14H17F2NO2. The number of carbonyl (C=O) groups excluding carboxylic acids is 1. The Kier molecular flexibility index (Phi) is 3.96. The van der Waals surface area contributed by atoms with E-state index in [2.05, 4.69) is 0 Å². The summed E-state index contributed by atoms with van der Waals surface area (Å²) in [4.78, 5) is 14.0. The number of benzene rings is 1. The predicted octanol–water partition coefficient (Wildman–Crippen LogP) is 2.26. The van der Waals surface area contributed by atoms with Gasteiger partial charge in [0.15, 0.2) is 17.4 Å². The third kappa shape index (κ3) is 3.58. The first-order valence-electron chi connectivity index (χ1n) is 6.22. The Morgan fingerprint density at radius 2 is 2.11 bits per heavy atom. The smallest absolute Gasteiger partial charge is 0.176 e. The Morgan fingerprint density at radius 1 is 1.37 bits per heavy atom. The molecule has 0 bridgehead atoms. The van der Waals surface area contributed by atoms with Crippen molar-refractivity contribution in [3.8, 4) is 0 Å². The molecule has 1 aromatic carbocycles. The van der Waals surface area contributed by atoms with Crippen LogP contribution >= 0.6 is 0 Å². The third-order valence-corrected chi connectivity index (χ3v) is 3.11. The van der Waals surface area contributed by atoms with Crippen LogP contribution in [0.1, 0.15) is 24.2 Å². The quantitative estimate of drug-likeness (QED) is 0.788. The molecule has 2 rings (SSSR count). The van der Waals surface area contributed by atoms with Crippen LogP contribution < -0.4 is 0 Å². The van der Waals surface area contributed by atoms with Crippen molar-refractivity contribution in [3.05, 3.63) is 35.4 Å². The van der Waals surface area contributed by atoms with Crippen LogP contribution in [0.25, 0.3) is 0 Å². The van der Waals surface area contributed by atoms with Crippen LogP contribution in [-0.4, -0.2) is 42.5 Å². The van der Waals surface area contributed by atoms with Crippen molar-refractivity contribution in [2.45, 2.75) is 19.4 Å². The third-order valence-electron chi connectivity index (χ3n) is 3.11. The summed E-state index contributed by atoms with van der Waals surface area (Å²) < 4.78 is 31.4. The van der Waals surface area contributed by atoms with Crippen LogP contribution in [0.3, 0.4) is 0 Å². The second-order valence-corrected chi connectivity index (χ2v) is 5.37. The average Bonchev–Trinajstić information content (AvgIpc) is 2.31. The molecule has 1 aliphatic rings. The van der Waals surface area contributed by atoms with E-state index in [1.165, 1.54) is 6.07 Å². The molecule has 104 valence electrons. The Morgan fingerprint density at radius 3 is 2.74 bits per heavy atom. The molecule has 0 N–H and O–H groups in total. The summed E-state index contributed by atoms with van der Waals surface area (Å²) in [6.45, 7) is 5.99. The fraction of sp³-hybridized carbons (Fsp3) is 0.500. The molecule has 3 nitrogen and oxygen atoms in total. The molecule has 1 saturated heterocycles. The van der Waals surface area contributed by atoms with Gasteiger partial charge in [-0.25, -0.2) is 8.78 Å². The van der Waals surface area contributed by atoms with E-state index in [9.17, 15) is 13.6 Å². The summed E-state index contributed by atoms with van der Waals surface area (Å²) in [7, 11) is 0. The lowest BCUT2D eigenvalue weighted by molar-refractivity contribution is -0.0833. The molecule has 0 radical (unpaired) electrons. The summed E-state index contributed by atoms with van der Waals surface area (Å²) >= 11 is 0. The first-order valence-corrected chi connectivity index (χ1v) is 6.22. The topological polar surface area (TPSA) is 29.5 Å². The van der Waals surface area contributed by atoms with E-state index in [0.29, 0.717) is 19.7 Å². The molecule has 1 aliphatic heterocycles. The van der Waals surface area contributed by atoms with Gasteiger partial charge in [0.2, 0.25) is 0 Å². The van der Waals surface area contributed by atoms with E-state index in [0.717, 1.165) is 12.1 Å². The molecule has 0 spiro atoms. The molecule has 5 heteroatoms. The van der Waals surface area contributed by atoms with Gasteiger partial charge in [-0.05, 0) is 32.0 Å². The number of morpholine rings is 1. The number of halogens is 2. The fourth-order valence-corrected chi connectivity index (χ4v) is 2.21. The minimum Gasteiger partial charge on any atom is -0.373 e. The molecule has 0 amide bonds. The van der Waals surface area contributed by atoms with Crippen molar-refractivity contribution in [2.24, 2.45) is 0 Å². The number of Topliss-reactive ketones (excluding diaryl/α,β-unsaturated/α-hetero) is 1. The van der Waals surface area contributed by atoms with Crippen LogP contribution in [0.4, 0.5) is 8.78 Å². The Balaban J connectivity index is 2.02. The minimum absolute atomic E-state index is 0.192. The zero-order valence-corrected chi connectivity index (χ0v) is 11.1. The lowest BCUT2D eigenvalue weighted by atomic mass is 10.1. The second kappa shape index (κ2) is 5.35. The van der Waals surface area contributed by atoms with Crippen molar-refractivity contribution in [3.63, 3.8) is 0 Å². The maximum absolute atomic E-state index is 13.1. The molecule has 0 saturated carbocycles. The monoisotopic (exact) mass is 269 g/mol. The van der Waals surface area contributed by atoms with Gasteiger partial charge in [0.25, 0.3) is 0 Å². The Hall–Kier alpha value is -1.33. The van der Waals surface area contributed by atoms with E-state index < -0.39 is 11.6 Å². The van der Waals surface area contributed by atoms with Crippen LogP contribution in [0, 0.1) is 11.6 Å². The first kappa shape index (κ1) is 14.1. The van der Waals surface area contributed by atoms with Gasteiger partial charge in [-0.3, -0.25) is 9.69 Å². The SMILES string of the molecule is CC1(C)CN(CC(=O)c2ccc(F)c(F)c2)CCO1. The Bertz CT molecular complexity index is 488. The first-order chi connectivity index (χ1) is 8.87. The summed E-state index contributed by atoms with van der Waals surface area (Å²) in [5.74, 6) is -2.14. The summed E-state index contributed by atoms with van der Waals surface area (Å²) in [5.41, 5.74) is -0.0877. The van der Waals surface area contributed by atoms with Crippen molar-refractivity contribution in [1.82, 2.24) is 4.90 Å². The number of rotatable bonds is 3. The normalized spacial score (nSPS) is 19.4. The molecule has 1 fully saturated rings. The molecule has 0 atom stereocenters. The number of carbonyl (C=O) groups is 1. The van der Waals surface area contributed by atoms with E-state index in [-0.39, 0.29) is 23.5 Å². The largest absolute Gasteiger partial charge is 0.373 e. The highest BCUT2D eigenvalue weighted by Gasteiger charge is 2.28. The van der Waals surface area contributed by atoms with Crippen molar-refractivity contribution in [2.75, 3.05) is 26.2 Å². The zero-order chi connectivity index (χ0) is 14.0. The highest BCUT2D eigenvalue weighted by atomic mass is 19.2. The molecule has 19 heavy (non-hydrogen) atoms. The maximum Gasteiger partial charge on any atom is 0.176 e. The minimum atomic E-state index is -0.992. The zero-order valence-electron chi connectivity index (χ0n) is 11.1. The molecule has 1 aromatic rings. The van der Waals surface area contributed by atoms with Crippen LogP contribution in [0.5, 0.6) is 0 Å². The highest BCUT2D eigenvalue weighted by molar-refractivity contribution is 5.97. The standard InChI is InChI=1S/C14H17F2NO2/c1-14(2)9-17(5-6-19-14)8-13(18)10-3-4-11(15)12(16)7-10/h3-4,7H,5-6,8-9H2,1-2H3. The summed E-state index contributed by atoms with van der Waals surface area (Å²) in [6, 6.07) is 3.24. The lowest BCUT2D eigenvalue weighted by Crippen LogP contribution is -2.49. The van der Waals surface area contributed by atoms with Gasteiger partial charge in [-0.1, -0.05) is 0 Å². The lowest BCUT2D eigenvalue weighted by Gasteiger charge is -2.37. The summed E-state index contributed by atoms with van der Waals surface area (Å²) in [5, 5.41) is 0. The number of ketones is 1. The van der Waals surface area contributed by atoms with Crippen molar-refractivity contribution < 1.29 is 18.3 Å². The fourth-order valence-electron chi connectivity index (χ4n) is 2.21. The van der Waals surface area contributed by atoms with E-state index in [1.54, 1.807) is 0 Å². The molecule has 0 unspecified atom stereocenters. The maximum atomic E-state index is 13.1. The molecule has 0 aliphatic carbocycles.